The number of benzene rings is 2. The van der Waals surface area contributed by atoms with Crippen LogP contribution in [0.3, 0.4) is 0 Å². The summed E-state index contributed by atoms with van der Waals surface area (Å²) in [6, 6.07) is 19.7. The molecule has 0 aliphatic carbocycles. The molecule has 0 aliphatic heterocycles. The second kappa shape index (κ2) is 9.54. The highest BCUT2D eigenvalue weighted by molar-refractivity contribution is 5.94. The second-order valence-corrected chi connectivity index (χ2v) is 6.63. The predicted octanol–water partition coefficient (Wildman–Crippen LogP) is 3.65. The number of nitrogens with zero attached hydrogens (tertiary/aromatic N) is 1. The van der Waals surface area contributed by atoms with Gasteiger partial charge in [-0.15, -0.1) is 0 Å². The first-order valence-electron chi connectivity index (χ1n) is 9.02. The maximum absolute atomic E-state index is 13.2. The van der Waals surface area contributed by atoms with Gasteiger partial charge in [0.25, 0.3) is 0 Å². The molecule has 0 saturated heterocycles. The molecule has 0 fully saturated rings. The summed E-state index contributed by atoms with van der Waals surface area (Å²) in [5, 5.41) is 20.8. The minimum atomic E-state index is -1.07. The van der Waals surface area contributed by atoms with Crippen LogP contribution in [-0.4, -0.2) is 23.0 Å². The maximum atomic E-state index is 13.2. The molecule has 2 N–H and O–H groups in total. The van der Waals surface area contributed by atoms with Crippen LogP contribution in [0.4, 0.5) is 0 Å². The molecule has 27 heavy (non-hydrogen) atoms. The van der Waals surface area contributed by atoms with Gasteiger partial charge in [-0.2, -0.15) is 5.26 Å². The Morgan fingerprint density at radius 3 is 2.00 bits per heavy atom. The maximum Gasteiger partial charge on any atom is 0.326 e. The summed E-state index contributed by atoms with van der Waals surface area (Å²) in [7, 11) is 0. The Labute approximate surface area is 159 Å². The van der Waals surface area contributed by atoms with E-state index in [4.69, 9.17) is 5.26 Å². The SMILES string of the molecule is CC(C(=O)N[C@@H](CCCCC#N)C(=O)O)(c1ccccc1)c1ccccc1. The van der Waals surface area contributed by atoms with Gasteiger partial charge >= 0.3 is 5.97 Å². The number of nitrogens with one attached hydrogen (secondary N) is 1. The first-order chi connectivity index (χ1) is 13.0. The van der Waals surface area contributed by atoms with Gasteiger partial charge in [-0.3, -0.25) is 4.79 Å². The number of carboxylic acids is 1. The van der Waals surface area contributed by atoms with Crippen LogP contribution in [0.25, 0.3) is 0 Å². The first-order valence-corrected chi connectivity index (χ1v) is 9.02. The fourth-order valence-corrected chi connectivity index (χ4v) is 3.08. The molecule has 5 nitrogen and oxygen atoms in total. The van der Waals surface area contributed by atoms with E-state index in [0.717, 1.165) is 11.1 Å². The van der Waals surface area contributed by atoms with E-state index < -0.39 is 17.4 Å². The highest BCUT2D eigenvalue weighted by Crippen LogP contribution is 2.32. The summed E-state index contributed by atoms with van der Waals surface area (Å²) >= 11 is 0. The van der Waals surface area contributed by atoms with Crippen molar-refractivity contribution in [2.75, 3.05) is 0 Å². The Kier molecular flexibility index (Phi) is 7.13. The van der Waals surface area contributed by atoms with Gasteiger partial charge < -0.3 is 10.4 Å². The van der Waals surface area contributed by atoms with Crippen molar-refractivity contribution >= 4 is 11.9 Å². The number of carbonyl (C=O) groups is 2. The minimum Gasteiger partial charge on any atom is -0.480 e. The summed E-state index contributed by atoms with van der Waals surface area (Å²) in [5.41, 5.74) is 0.577. The topological polar surface area (TPSA) is 90.2 Å². The van der Waals surface area contributed by atoms with Crippen LogP contribution >= 0.6 is 0 Å². The quantitative estimate of drug-likeness (QED) is 0.665. The number of aliphatic carboxylic acids is 1. The Morgan fingerprint density at radius 2 is 1.56 bits per heavy atom. The molecule has 1 atom stereocenters. The lowest BCUT2D eigenvalue weighted by Gasteiger charge is -2.31. The zero-order chi connectivity index (χ0) is 19.7. The second-order valence-electron chi connectivity index (χ2n) is 6.63. The molecule has 0 aliphatic rings. The average molecular weight is 364 g/mol. The Balaban J connectivity index is 2.29. The van der Waals surface area contributed by atoms with Gasteiger partial charge in [0.2, 0.25) is 5.91 Å². The van der Waals surface area contributed by atoms with E-state index in [2.05, 4.69) is 5.32 Å². The molecule has 0 saturated carbocycles. The lowest BCUT2D eigenvalue weighted by atomic mass is 9.75. The van der Waals surface area contributed by atoms with Crippen molar-refractivity contribution in [3.63, 3.8) is 0 Å². The molecule has 2 rings (SSSR count). The van der Waals surface area contributed by atoms with Gasteiger partial charge in [0, 0.05) is 6.42 Å². The third kappa shape index (κ3) is 4.95. The number of carboxylic acid groups (broad SMARTS) is 1. The number of hydrogen-bond acceptors (Lipinski definition) is 3. The molecule has 0 bridgehead atoms. The zero-order valence-corrected chi connectivity index (χ0v) is 15.4. The molecule has 2 aromatic rings. The molecule has 0 unspecified atom stereocenters. The normalized spacial score (nSPS) is 12.0. The lowest BCUT2D eigenvalue weighted by molar-refractivity contribution is -0.142. The van der Waals surface area contributed by atoms with Crippen LogP contribution in [0.2, 0.25) is 0 Å². The van der Waals surface area contributed by atoms with Crippen LogP contribution < -0.4 is 5.32 Å². The van der Waals surface area contributed by atoms with Crippen LogP contribution in [0, 0.1) is 11.3 Å². The summed E-state index contributed by atoms with van der Waals surface area (Å²) in [6.07, 6.45) is 1.86. The van der Waals surface area contributed by atoms with E-state index in [1.807, 2.05) is 73.7 Å². The number of rotatable bonds is 9. The molecular weight excluding hydrogens is 340 g/mol. The lowest BCUT2D eigenvalue weighted by Crippen LogP contribution is -2.50. The number of hydrogen-bond donors (Lipinski definition) is 2. The van der Waals surface area contributed by atoms with Crippen LogP contribution in [0.1, 0.15) is 43.7 Å². The van der Waals surface area contributed by atoms with Crippen LogP contribution in [0.5, 0.6) is 0 Å². The van der Waals surface area contributed by atoms with Gasteiger partial charge in [-0.05, 0) is 37.3 Å². The minimum absolute atomic E-state index is 0.294. The van der Waals surface area contributed by atoms with Crippen molar-refractivity contribution < 1.29 is 14.7 Å². The fourth-order valence-electron chi connectivity index (χ4n) is 3.08. The number of carbonyl (C=O) groups excluding carboxylic acids is 1. The van der Waals surface area contributed by atoms with E-state index in [1.54, 1.807) is 0 Å². The molecule has 1 amide bonds. The van der Waals surface area contributed by atoms with Crippen molar-refractivity contribution in [1.82, 2.24) is 5.32 Å². The first kappa shape index (κ1) is 20.2. The Bertz CT molecular complexity index is 758. The number of nitriles is 1. The molecule has 140 valence electrons. The molecule has 0 heterocycles. The largest absolute Gasteiger partial charge is 0.480 e. The summed E-state index contributed by atoms with van der Waals surface area (Å²) in [6.45, 7) is 1.81. The molecule has 0 radical (unpaired) electrons. The Morgan fingerprint density at radius 1 is 1.04 bits per heavy atom. The zero-order valence-electron chi connectivity index (χ0n) is 15.4. The van der Waals surface area contributed by atoms with Crippen LogP contribution in [0.15, 0.2) is 60.7 Å². The van der Waals surface area contributed by atoms with Gasteiger partial charge in [0.05, 0.1) is 11.5 Å². The highest BCUT2D eigenvalue weighted by atomic mass is 16.4. The fraction of sp³-hybridized carbons (Fsp3) is 0.318. The molecule has 0 spiro atoms. The molecule has 0 aromatic heterocycles. The van der Waals surface area contributed by atoms with Crippen molar-refractivity contribution in [3.8, 4) is 6.07 Å². The smallest absolute Gasteiger partial charge is 0.326 e. The van der Waals surface area contributed by atoms with Gasteiger partial charge in [-0.1, -0.05) is 60.7 Å². The molecule has 5 heteroatoms. The summed E-state index contributed by atoms with van der Waals surface area (Å²) in [4.78, 5) is 24.9. The average Bonchev–Trinajstić information content (AvgIpc) is 2.70. The van der Waals surface area contributed by atoms with Crippen LogP contribution in [-0.2, 0) is 15.0 Å². The van der Waals surface area contributed by atoms with Crippen molar-refractivity contribution in [1.29, 1.82) is 5.26 Å². The van der Waals surface area contributed by atoms with Gasteiger partial charge in [-0.25, -0.2) is 4.79 Å². The monoisotopic (exact) mass is 364 g/mol. The van der Waals surface area contributed by atoms with Crippen molar-refractivity contribution in [2.45, 2.75) is 44.1 Å². The summed E-state index contributed by atoms with van der Waals surface area (Å²) < 4.78 is 0. The predicted molar refractivity (Wildman–Crippen MR) is 103 cm³/mol. The van der Waals surface area contributed by atoms with E-state index in [0.29, 0.717) is 25.7 Å². The van der Waals surface area contributed by atoms with E-state index in [9.17, 15) is 14.7 Å². The third-order valence-electron chi connectivity index (χ3n) is 4.79. The van der Waals surface area contributed by atoms with Gasteiger partial charge in [0.1, 0.15) is 6.04 Å². The number of amides is 1. The van der Waals surface area contributed by atoms with E-state index >= 15 is 0 Å². The van der Waals surface area contributed by atoms with Crippen molar-refractivity contribution in [2.24, 2.45) is 0 Å². The summed E-state index contributed by atoms with van der Waals surface area (Å²) in [5.74, 6) is -1.42. The third-order valence-corrected chi connectivity index (χ3v) is 4.79. The molecule has 2 aromatic carbocycles. The number of unbranched alkanes of at least 4 members (excludes halogenated alkanes) is 2. The van der Waals surface area contributed by atoms with E-state index in [-0.39, 0.29) is 5.91 Å². The highest BCUT2D eigenvalue weighted by Gasteiger charge is 2.38. The van der Waals surface area contributed by atoms with Crippen molar-refractivity contribution in [3.05, 3.63) is 71.8 Å². The van der Waals surface area contributed by atoms with E-state index in [1.165, 1.54) is 0 Å². The Hall–Kier alpha value is -3.13. The van der Waals surface area contributed by atoms with Gasteiger partial charge in [0.15, 0.2) is 0 Å². The standard InChI is InChI=1S/C22H24N2O3/c1-22(17-11-5-2-6-12-17,18-13-7-3-8-14-18)21(27)24-19(20(25)26)15-9-4-10-16-23/h2-3,5-8,11-14,19H,4,9-10,15H2,1H3,(H,24,27)(H,25,26)/t19-/m0/s1. The molecular formula is C22H24N2O3.